The molecule has 7 nitrogen and oxygen atoms in total. The highest BCUT2D eigenvalue weighted by atomic mass is 19.1. The number of H-pyrrole nitrogens is 1. The quantitative estimate of drug-likeness (QED) is 0.435. The number of aryl methyl sites for hydroxylation is 3. The summed E-state index contributed by atoms with van der Waals surface area (Å²) in [5, 5.41) is 16.3. The van der Waals surface area contributed by atoms with E-state index < -0.39 is 0 Å². The molecule has 0 aliphatic carbocycles. The molecule has 0 aliphatic heterocycles. The Morgan fingerprint density at radius 3 is 2.58 bits per heavy atom. The molecular formula is C23H22FN7. The lowest BCUT2D eigenvalue weighted by molar-refractivity contribution is 0.627. The van der Waals surface area contributed by atoms with Gasteiger partial charge in [-0.1, -0.05) is 24.3 Å². The van der Waals surface area contributed by atoms with Gasteiger partial charge in [0.1, 0.15) is 5.82 Å². The molecule has 0 atom stereocenters. The van der Waals surface area contributed by atoms with Gasteiger partial charge in [0, 0.05) is 24.0 Å². The van der Waals surface area contributed by atoms with Crippen LogP contribution in [0.15, 0.2) is 48.5 Å². The number of aromatic amines is 1. The maximum absolute atomic E-state index is 13.2. The predicted octanol–water partition coefficient (Wildman–Crippen LogP) is 4.15. The van der Waals surface area contributed by atoms with Crippen molar-refractivity contribution in [1.82, 2.24) is 29.8 Å². The summed E-state index contributed by atoms with van der Waals surface area (Å²) in [6.45, 7) is 4.54. The minimum atomic E-state index is -0.251. The first-order chi connectivity index (χ1) is 15.1. The van der Waals surface area contributed by atoms with Gasteiger partial charge in [-0.2, -0.15) is 9.61 Å². The Bertz CT molecular complexity index is 1350. The maximum Gasteiger partial charge on any atom is 0.226 e. The first-order valence-electron chi connectivity index (χ1n) is 10.2. The monoisotopic (exact) mass is 415 g/mol. The standard InChI is InChI=1S/C23H22FN7/c1-14-18(15(2)29-28-14)11-12-21-27-22-19-5-3-4-6-20(19)26-23(31(22)30-21)25-13-16-7-9-17(24)10-8-16/h3-10H,11-13H2,1-2H3,(H,25,26)(H,28,29). The number of rotatable bonds is 6. The molecule has 0 fully saturated rings. The average Bonchev–Trinajstić information content (AvgIpc) is 3.35. The molecule has 3 heterocycles. The SMILES string of the molecule is Cc1n[nH]c(C)c1CCc1nc2c3ccccc3nc(NCc3ccc(F)cc3)n2n1. The van der Waals surface area contributed by atoms with Gasteiger partial charge < -0.3 is 5.32 Å². The highest BCUT2D eigenvalue weighted by Crippen LogP contribution is 2.22. The van der Waals surface area contributed by atoms with E-state index in [-0.39, 0.29) is 5.82 Å². The zero-order chi connectivity index (χ0) is 21.4. The lowest BCUT2D eigenvalue weighted by Gasteiger charge is -2.09. The van der Waals surface area contributed by atoms with E-state index in [0.717, 1.165) is 45.7 Å². The zero-order valence-electron chi connectivity index (χ0n) is 17.4. The summed E-state index contributed by atoms with van der Waals surface area (Å²) in [5.41, 5.74) is 5.86. The molecule has 3 aromatic heterocycles. The number of anilines is 1. The van der Waals surface area contributed by atoms with Crippen LogP contribution in [-0.4, -0.2) is 29.8 Å². The van der Waals surface area contributed by atoms with Crippen LogP contribution < -0.4 is 5.32 Å². The number of halogens is 1. The van der Waals surface area contributed by atoms with Crippen LogP contribution in [0.3, 0.4) is 0 Å². The summed E-state index contributed by atoms with van der Waals surface area (Å²) in [5.74, 6) is 1.11. The lowest BCUT2D eigenvalue weighted by atomic mass is 10.1. The van der Waals surface area contributed by atoms with Crippen LogP contribution in [0.25, 0.3) is 16.6 Å². The van der Waals surface area contributed by atoms with E-state index >= 15 is 0 Å². The van der Waals surface area contributed by atoms with Crippen molar-refractivity contribution in [3.63, 3.8) is 0 Å². The van der Waals surface area contributed by atoms with E-state index in [0.29, 0.717) is 18.9 Å². The average molecular weight is 415 g/mol. The van der Waals surface area contributed by atoms with Crippen molar-refractivity contribution in [1.29, 1.82) is 0 Å². The van der Waals surface area contributed by atoms with Crippen LogP contribution in [0, 0.1) is 19.7 Å². The molecule has 8 heteroatoms. The van der Waals surface area contributed by atoms with Crippen LogP contribution in [0.2, 0.25) is 0 Å². The summed E-state index contributed by atoms with van der Waals surface area (Å²) in [6, 6.07) is 14.3. The van der Waals surface area contributed by atoms with E-state index in [2.05, 4.69) is 15.5 Å². The van der Waals surface area contributed by atoms with Crippen LogP contribution in [-0.2, 0) is 19.4 Å². The van der Waals surface area contributed by atoms with Crippen molar-refractivity contribution < 1.29 is 4.39 Å². The van der Waals surface area contributed by atoms with Crippen molar-refractivity contribution >= 4 is 22.5 Å². The number of hydrogen-bond donors (Lipinski definition) is 2. The number of aromatic nitrogens is 6. The molecule has 5 aromatic rings. The van der Waals surface area contributed by atoms with Crippen LogP contribution in [0.4, 0.5) is 10.3 Å². The van der Waals surface area contributed by atoms with Crippen molar-refractivity contribution in [3.05, 3.63) is 82.7 Å². The Hall–Kier alpha value is -3.81. The van der Waals surface area contributed by atoms with Crippen molar-refractivity contribution in [3.8, 4) is 0 Å². The first kappa shape index (κ1) is 19.2. The second-order valence-electron chi connectivity index (χ2n) is 7.61. The largest absolute Gasteiger partial charge is 0.350 e. The van der Waals surface area contributed by atoms with Gasteiger partial charge in [0.2, 0.25) is 5.95 Å². The third-order valence-electron chi connectivity index (χ3n) is 5.47. The molecule has 0 saturated carbocycles. The first-order valence-corrected chi connectivity index (χ1v) is 10.2. The van der Waals surface area contributed by atoms with Gasteiger partial charge in [-0.05, 0) is 55.7 Å². The maximum atomic E-state index is 13.2. The smallest absolute Gasteiger partial charge is 0.226 e. The fourth-order valence-corrected chi connectivity index (χ4v) is 3.78. The Morgan fingerprint density at radius 1 is 1.00 bits per heavy atom. The zero-order valence-corrected chi connectivity index (χ0v) is 17.4. The third kappa shape index (κ3) is 3.72. The summed E-state index contributed by atoms with van der Waals surface area (Å²) in [4.78, 5) is 9.57. The molecule has 5 rings (SSSR count). The minimum Gasteiger partial charge on any atom is -0.350 e. The summed E-state index contributed by atoms with van der Waals surface area (Å²) >= 11 is 0. The fourth-order valence-electron chi connectivity index (χ4n) is 3.78. The summed E-state index contributed by atoms with van der Waals surface area (Å²) in [7, 11) is 0. The molecule has 0 unspecified atom stereocenters. The number of benzene rings is 2. The molecule has 0 amide bonds. The van der Waals surface area contributed by atoms with Crippen molar-refractivity contribution in [2.45, 2.75) is 33.2 Å². The molecule has 0 saturated heterocycles. The number of fused-ring (bicyclic) bond motifs is 3. The lowest BCUT2D eigenvalue weighted by Crippen LogP contribution is -2.08. The molecule has 0 aliphatic rings. The van der Waals surface area contributed by atoms with Gasteiger partial charge in [0.15, 0.2) is 11.5 Å². The molecule has 2 N–H and O–H groups in total. The second kappa shape index (κ2) is 7.79. The van der Waals surface area contributed by atoms with E-state index in [1.54, 1.807) is 16.6 Å². The van der Waals surface area contributed by atoms with Crippen molar-refractivity contribution in [2.24, 2.45) is 0 Å². The predicted molar refractivity (Wildman–Crippen MR) is 117 cm³/mol. The molecule has 156 valence electrons. The number of nitrogens with zero attached hydrogens (tertiary/aromatic N) is 5. The molecule has 2 aromatic carbocycles. The molecule has 0 spiro atoms. The molecular weight excluding hydrogens is 393 g/mol. The van der Waals surface area contributed by atoms with Gasteiger partial charge >= 0.3 is 0 Å². The van der Waals surface area contributed by atoms with Crippen LogP contribution in [0.5, 0.6) is 0 Å². The summed E-state index contributed by atoms with van der Waals surface area (Å²) in [6.07, 6.45) is 1.52. The topological polar surface area (TPSA) is 83.8 Å². The Kier molecular flexibility index (Phi) is 4.82. The molecule has 31 heavy (non-hydrogen) atoms. The van der Waals surface area contributed by atoms with E-state index in [9.17, 15) is 4.39 Å². The van der Waals surface area contributed by atoms with E-state index in [1.807, 2.05) is 38.1 Å². The number of hydrogen-bond acceptors (Lipinski definition) is 5. The Morgan fingerprint density at radius 2 is 1.81 bits per heavy atom. The Labute approximate surface area is 178 Å². The summed E-state index contributed by atoms with van der Waals surface area (Å²) < 4.78 is 15.0. The highest BCUT2D eigenvalue weighted by Gasteiger charge is 2.14. The van der Waals surface area contributed by atoms with Gasteiger partial charge in [0.25, 0.3) is 0 Å². The van der Waals surface area contributed by atoms with Crippen LogP contribution >= 0.6 is 0 Å². The molecule has 0 bridgehead atoms. The van der Waals surface area contributed by atoms with Gasteiger partial charge in [-0.15, -0.1) is 5.10 Å². The van der Waals surface area contributed by atoms with Gasteiger partial charge in [-0.25, -0.2) is 14.4 Å². The normalized spacial score (nSPS) is 11.5. The van der Waals surface area contributed by atoms with E-state index in [1.165, 1.54) is 17.7 Å². The third-order valence-corrected chi connectivity index (χ3v) is 5.47. The van der Waals surface area contributed by atoms with E-state index in [4.69, 9.17) is 15.1 Å². The van der Waals surface area contributed by atoms with Crippen LogP contribution in [0.1, 0.15) is 28.3 Å². The number of nitrogens with one attached hydrogen (secondary N) is 2. The highest BCUT2D eigenvalue weighted by molar-refractivity contribution is 5.92. The van der Waals surface area contributed by atoms with Gasteiger partial charge in [0.05, 0.1) is 11.2 Å². The molecule has 0 radical (unpaired) electrons. The van der Waals surface area contributed by atoms with Gasteiger partial charge in [-0.3, -0.25) is 5.10 Å². The Balaban J connectivity index is 1.49. The fraction of sp³-hybridized carbons (Fsp3) is 0.217. The minimum absolute atomic E-state index is 0.251. The van der Waals surface area contributed by atoms with Crippen molar-refractivity contribution in [2.75, 3.05) is 5.32 Å². The number of para-hydroxylation sites is 1. The second-order valence-corrected chi connectivity index (χ2v) is 7.61.